The van der Waals surface area contributed by atoms with Crippen LogP contribution in [-0.4, -0.2) is 15.1 Å². The van der Waals surface area contributed by atoms with Gasteiger partial charge in [-0.25, -0.2) is 4.39 Å². The first-order valence-corrected chi connectivity index (χ1v) is 5.82. The number of aliphatic hydroxyl groups is 1. The molecule has 0 radical (unpaired) electrons. The van der Waals surface area contributed by atoms with E-state index in [0.717, 1.165) is 16.2 Å². The van der Waals surface area contributed by atoms with E-state index < -0.39 is 11.9 Å². The standard InChI is InChI=1S/C12H10BrFN2O/c13-10-1-8(4-15-6-10)2-12(17)9-3-11(14)7-16-5-9/h1,3-7,12,17H,2H2. The van der Waals surface area contributed by atoms with Crippen LogP contribution in [-0.2, 0) is 6.42 Å². The highest BCUT2D eigenvalue weighted by Crippen LogP contribution is 2.19. The third kappa shape index (κ3) is 3.31. The van der Waals surface area contributed by atoms with Crippen molar-refractivity contribution in [2.24, 2.45) is 0 Å². The molecule has 2 rings (SSSR count). The number of nitrogens with zero attached hydrogens (tertiary/aromatic N) is 2. The molecule has 2 aromatic heterocycles. The van der Waals surface area contributed by atoms with Crippen LogP contribution < -0.4 is 0 Å². The van der Waals surface area contributed by atoms with Crippen LogP contribution in [0, 0.1) is 5.82 Å². The van der Waals surface area contributed by atoms with E-state index in [9.17, 15) is 9.50 Å². The molecule has 1 unspecified atom stereocenters. The summed E-state index contributed by atoms with van der Waals surface area (Å²) in [4.78, 5) is 7.71. The van der Waals surface area contributed by atoms with E-state index in [4.69, 9.17) is 0 Å². The molecule has 1 atom stereocenters. The first kappa shape index (κ1) is 12.1. The van der Waals surface area contributed by atoms with Gasteiger partial charge in [0.25, 0.3) is 0 Å². The van der Waals surface area contributed by atoms with Crippen LogP contribution in [0.15, 0.2) is 41.4 Å². The molecule has 3 nitrogen and oxygen atoms in total. The van der Waals surface area contributed by atoms with Crippen LogP contribution in [0.5, 0.6) is 0 Å². The van der Waals surface area contributed by atoms with Gasteiger partial charge in [-0.1, -0.05) is 0 Å². The second kappa shape index (κ2) is 5.33. The molecule has 0 aliphatic carbocycles. The van der Waals surface area contributed by atoms with Gasteiger partial charge in [0.2, 0.25) is 0 Å². The molecule has 88 valence electrons. The number of hydrogen-bond donors (Lipinski definition) is 1. The maximum Gasteiger partial charge on any atom is 0.141 e. The van der Waals surface area contributed by atoms with Crippen LogP contribution in [0.4, 0.5) is 4.39 Å². The lowest BCUT2D eigenvalue weighted by atomic mass is 10.0. The Morgan fingerprint density at radius 2 is 1.94 bits per heavy atom. The summed E-state index contributed by atoms with van der Waals surface area (Å²) in [5.41, 5.74) is 1.33. The first-order chi connectivity index (χ1) is 8.15. The Bertz CT molecular complexity index is 521. The molecule has 0 bridgehead atoms. The molecule has 1 N–H and O–H groups in total. The van der Waals surface area contributed by atoms with E-state index in [0.29, 0.717) is 12.0 Å². The van der Waals surface area contributed by atoms with Crippen molar-refractivity contribution in [2.45, 2.75) is 12.5 Å². The SMILES string of the molecule is OC(Cc1cncc(Br)c1)c1cncc(F)c1. The Morgan fingerprint density at radius 3 is 2.65 bits per heavy atom. The minimum absolute atomic E-state index is 0.373. The molecule has 2 heterocycles. The highest BCUT2D eigenvalue weighted by Gasteiger charge is 2.10. The molecule has 5 heteroatoms. The van der Waals surface area contributed by atoms with Gasteiger partial charge in [-0.15, -0.1) is 0 Å². The molecule has 0 aromatic carbocycles. The van der Waals surface area contributed by atoms with Crippen molar-refractivity contribution < 1.29 is 9.50 Å². The van der Waals surface area contributed by atoms with E-state index in [2.05, 4.69) is 25.9 Å². The van der Waals surface area contributed by atoms with Crippen molar-refractivity contribution in [3.63, 3.8) is 0 Å². The number of rotatable bonds is 3. The van der Waals surface area contributed by atoms with Crippen LogP contribution in [0.1, 0.15) is 17.2 Å². The van der Waals surface area contributed by atoms with Crippen molar-refractivity contribution in [1.29, 1.82) is 0 Å². The first-order valence-electron chi connectivity index (χ1n) is 5.03. The monoisotopic (exact) mass is 296 g/mol. The minimum atomic E-state index is -0.783. The second-order valence-corrected chi connectivity index (χ2v) is 4.58. The predicted octanol–water partition coefficient (Wildman–Crippen LogP) is 2.65. The van der Waals surface area contributed by atoms with Crippen molar-refractivity contribution in [3.05, 3.63) is 58.3 Å². The number of hydrogen-bond acceptors (Lipinski definition) is 3. The molecule has 0 fully saturated rings. The summed E-state index contributed by atoms with van der Waals surface area (Å²) in [6, 6.07) is 3.14. The number of aromatic nitrogens is 2. The molecule has 0 aliphatic heterocycles. The predicted molar refractivity (Wildman–Crippen MR) is 64.8 cm³/mol. The molecule has 0 saturated heterocycles. The molecule has 2 aromatic rings. The molecular formula is C12H10BrFN2O. The van der Waals surface area contributed by atoms with E-state index in [1.54, 1.807) is 12.4 Å². The Balaban J connectivity index is 2.14. The lowest BCUT2D eigenvalue weighted by molar-refractivity contribution is 0.177. The summed E-state index contributed by atoms with van der Waals surface area (Å²) in [6.45, 7) is 0. The van der Waals surface area contributed by atoms with E-state index in [1.807, 2.05) is 6.07 Å². The molecule has 0 aliphatic rings. The topological polar surface area (TPSA) is 46.0 Å². The molecule has 0 saturated carbocycles. The van der Waals surface area contributed by atoms with E-state index in [-0.39, 0.29) is 0 Å². The van der Waals surface area contributed by atoms with Crippen molar-refractivity contribution in [2.75, 3.05) is 0 Å². The van der Waals surface area contributed by atoms with Gasteiger partial charge in [0.15, 0.2) is 0 Å². The van der Waals surface area contributed by atoms with Crippen molar-refractivity contribution in [1.82, 2.24) is 9.97 Å². The van der Waals surface area contributed by atoms with Gasteiger partial charge in [0, 0.05) is 35.0 Å². The number of aliphatic hydroxyl groups excluding tert-OH is 1. The average molecular weight is 297 g/mol. The summed E-state index contributed by atoms with van der Waals surface area (Å²) < 4.78 is 13.8. The van der Waals surface area contributed by atoms with Gasteiger partial charge in [0.05, 0.1) is 12.3 Å². The fourth-order valence-corrected chi connectivity index (χ4v) is 1.93. The maximum atomic E-state index is 12.9. The van der Waals surface area contributed by atoms with Gasteiger partial charge in [-0.3, -0.25) is 9.97 Å². The largest absolute Gasteiger partial charge is 0.388 e. The third-order valence-electron chi connectivity index (χ3n) is 2.30. The zero-order valence-electron chi connectivity index (χ0n) is 8.85. The van der Waals surface area contributed by atoms with Gasteiger partial charge < -0.3 is 5.11 Å². The highest BCUT2D eigenvalue weighted by atomic mass is 79.9. The van der Waals surface area contributed by atoms with Crippen LogP contribution in [0.3, 0.4) is 0 Å². The Labute approximate surface area is 106 Å². The fraction of sp³-hybridized carbons (Fsp3) is 0.167. The average Bonchev–Trinajstić information content (AvgIpc) is 2.29. The lowest BCUT2D eigenvalue weighted by Gasteiger charge is -2.10. The smallest absolute Gasteiger partial charge is 0.141 e. The number of halogens is 2. The summed E-state index contributed by atoms with van der Waals surface area (Å²) in [6.07, 6.45) is 5.49. The van der Waals surface area contributed by atoms with Crippen LogP contribution in [0.2, 0.25) is 0 Å². The van der Waals surface area contributed by atoms with E-state index in [1.165, 1.54) is 12.3 Å². The van der Waals surface area contributed by atoms with Gasteiger partial charge >= 0.3 is 0 Å². The Morgan fingerprint density at radius 1 is 1.18 bits per heavy atom. The van der Waals surface area contributed by atoms with Gasteiger partial charge in [-0.05, 0) is 33.6 Å². The van der Waals surface area contributed by atoms with Gasteiger partial charge in [0.1, 0.15) is 5.82 Å². The van der Waals surface area contributed by atoms with Gasteiger partial charge in [-0.2, -0.15) is 0 Å². The van der Waals surface area contributed by atoms with Crippen molar-refractivity contribution in [3.8, 4) is 0 Å². The quantitative estimate of drug-likeness (QED) is 0.947. The third-order valence-corrected chi connectivity index (χ3v) is 2.74. The second-order valence-electron chi connectivity index (χ2n) is 3.67. The Hall–Kier alpha value is -1.33. The maximum absolute atomic E-state index is 12.9. The zero-order valence-corrected chi connectivity index (χ0v) is 10.4. The Kier molecular flexibility index (Phi) is 3.81. The molecule has 0 amide bonds. The normalized spacial score (nSPS) is 12.4. The molecule has 0 spiro atoms. The minimum Gasteiger partial charge on any atom is -0.388 e. The van der Waals surface area contributed by atoms with Crippen molar-refractivity contribution >= 4 is 15.9 Å². The summed E-state index contributed by atoms with van der Waals surface area (Å²) in [5.74, 6) is -0.450. The zero-order chi connectivity index (χ0) is 12.3. The summed E-state index contributed by atoms with van der Waals surface area (Å²) >= 11 is 3.30. The van der Waals surface area contributed by atoms with Crippen LogP contribution in [0.25, 0.3) is 0 Å². The fourth-order valence-electron chi connectivity index (χ4n) is 1.52. The highest BCUT2D eigenvalue weighted by molar-refractivity contribution is 9.10. The summed E-state index contributed by atoms with van der Waals surface area (Å²) in [7, 11) is 0. The van der Waals surface area contributed by atoms with E-state index >= 15 is 0 Å². The molecule has 17 heavy (non-hydrogen) atoms. The lowest BCUT2D eigenvalue weighted by Crippen LogP contribution is -2.03. The van der Waals surface area contributed by atoms with Crippen LogP contribution >= 0.6 is 15.9 Å². The summed E-state index contributed by atoms with van der Waals surface area (Å²) in [5, 5.41) is 9.94. The molecular weight excluding hydrogens is 287 g/mol. The number of pyridine rings is 2.